The Balaban J connectivity index is 2.01. The molecule has 0 aliphatic carbocycles. The van der Waals surface area contributed by atoms with Crippen molar-refractivity contribution in [3.63, 3.8) is 0 Å². The largest absolute Gasteiger partial charge is 0.347 e. The number of hydrogen-bond acceptors (Lipinski definition) is 2. The van der Waals surface area contributed by atoms with Gasteiger partial charge in [0, 0.05) is 20.3 Å². The van der Waals surface area contributed by atoms with E-state index < -0.39 is 0 Å². The van der Waals surface area contributed by atoms with Crippen LogP contribution in [0, 0.1) is 13.8 Å². The van der Waals surface area contributed by atoms with Gasteiger partial charge >= 0.3 is 0 Å². The number of benzene rings is 1. The molecule has 2 aromatic rings. The summed E-state index contributed by atoms with van der Waals surface area (Å²) in [6.45, 7) is 4.63. The fraction of sp³-hybridized carbons (Fsp3) is 0.214. The highest BCUT2D eigenvalue weighted by atomic mass is 79.9. The topological polar surface area (TPSA) is 29.1 Å². The highest BCUT2D eigenvalue weighted by Gasteiger charge is 2.07. The van der Waals surface area contributed by atoms with E-state index in [1.54, 1.807) is 11.3 Å². The average molecular weight is 324 g/mol. The summed E-state index contributed by atoms with van der Waals surface area (Å²) in [4.78, 5) is 13.1. The minimum absolute atomic E-state index is 0.0253. The Kier molecular flexibility index (Phi) is 4.19. The lowest BCUT2D eigenvalue weighted by molar-refractivity contribution is 0.0951. The van der Waals surface area contributed by atoms with Crippen molar-refractivity contribution < 1.29 is 4.79 Å². The quantitative estimate of drug-likeness (QED) is 0.906. The van der Waals surface area contributed by atoms with Gasteiger partial charge in [-0.15, -0.1) is 11.3 Å². The van der Waals surface area contributed by atoms with E-state index in [0.717, 1.165) is 14.9 Å². The molecule has 1 aromatic heterocycles. The Labute approximate surface area is 119 Å². The number of thiophene rings is 1. The van der Waals surface area contributed by atoms with Crippen molar-refractivity contribution >= 4 is 33.2 Å². The second-order valence-corrected chi connectivity index (χ2v) is 6.12. The van der Waals surface area contributed by atoms with E-state index in [4.69, 9.17) is 0 Å². The predicted molar refractivity (Wildman–Crippen MR) is 79.1 cm³/mol. The SMILES string of the molecule is Cc1ccc(C(=O)NCc2cc(Br)cs2)cc1C. The molecular weight excluding hydrogens is 310 g/mol. The normalized spacial score (nSPS) is 10.4. The maximum absolute atomic E-state index is 12.0. The minimum atomic E-state index is -0.0253. The zero-order valence-electron chi connectivity index (χ0n) is 10.3. The fourth-order valence-electron chi connectivity index (χ4n) is 1.60. The average Bonchev–Trinajstić information content (AvgIpc) is 2.75. The summed E-state index contributed by atoms with van der Waals surface area (Å²) in [6, 6.07) is 7.79. The van der Waals surface area contributed by atoms with E-state index in [0.29, 0.717) is 12.1 Å². The van der Waals surface area contributed by atoms with E-state index in [1.807, 2.05) is 43.5 Å². The third-order valence-corrected chi connectivity index (χ3v) is 4.51. The first-order valence-electron chi connectivity index (χ1n) is 5.64. The van der Waals surface area contributed by atoms with E-state index in [-0.39, 0.29) is 5.91 Å². The maximum atomic E-state index is 12.0. The van der Waals surface area contributed by atoms with Crippen LogP contribution < -0.4 is 5.32 Å². The number of rotatable bonds is 3. The van der Waals surface area contributed by atoms with Crippen LogP contribution in [0.2, 0.25) is 0 Å². The molecule has 0 unspecified atom stereocenters. The first kappa shape index (κ1) is 13.3. The Morgan fingerprint density at radius 3 is 2.67 bits per heavy atom. The van der Waals surface area contributed by atoms with Crippen molar-refractivity contribution in [1.82, 2.24) is 5.32 Å². The molecule has 0 atom stereocenters. The van der Waals surface area contributed by atoms with Gasteiger partial charge in [-0.1, -0.05) is 6.07 Å². The van der Waals surface area contributed by atoms with Gasteiger partial charge in [-0.2, -0.15) is 0 Å². The van der Waals surface area contributed by atoms with Gasteiger partial charge in [-0.25, -0.2) is 0 Å². The Morgan fingerprint density at radius 2 is 2.06 bits per heavy atom. The molecule has 2 nitrogen and oxygen atoms in total. The Bertz CT molecular complexity index is 577. The molecule has 0 spiro atoms. The standard InChI is InChI=1S/C14H14BrNOS/c1-9-3-4-11(5-10(9)2)14(17)16-7-13-6-12(15)8-18-13/h3-6,8H,7H2,1-2H3,(H,16,17). The van der Waals surface area contributed by atoms with Gasteiger partial charge in [0.05, 0.1) is 6.54 Å². The molecule has 1 N–H and O–H groups in total. The highest BCUT2D eigenvalue weighted by Crippen LogP contribution is 2.19. The third kappa shape index (κ3) is 3.21. The lowest BCUT2D eigenvalue weighted by Crippen LogP contribution is -2.22. The van der Waals surface area contributed by atoms with Crippen LogP contribution in [-0.4, -0.2) is 5.91 Å². The molecule has 94 valence electrons. The first-order valence-corrected chi connectivity index (χ1v) is 7.32. The van der Waals surface area contributed by atoms with Crippen LogP contribution >= 0.6 is 27.3 Å². The van der Waals surface area contributed by atoms with Crippen molar-refractivity contribution in [2.24, 2.45) is 0 Å². The van der Waals surface area contributed by atoms with Crippen LogP contribution in [0.15, 0.2) is 34.1 Å². The molecule has 18 heavy (non-hydrogen) atoms. The number of carbonyl (C=O) groups is 1. The van der Waals surface area contributed by atoms with Crippen molar-refractivity contribution in [2.45, 2.75) is 20.4 Å². The van der Waals surface area contributed by atoms with Crippen LogP contribution in [-0.2, 0) is 6.54 Å². The molecule has 2 rings (SSSR count). The summed E-state index contributed by atoms with van der Waals surface area (Å²) in [6.07, 6.45) is 0. The Hall–Kier alpha value is -1.13. The molecule has 0 aliphatic rings. The lowest BCUT2D eigenvalue weighted by Gasteiger charge is -2.06. The second-order valence-electron chi connectivity index (χ2n) is 4.21. The Morgan fingerprint density at radius 1 is 1.28 bits per heavy atom. The van der Waals surface area contributed by atoms with Gasteiger partial charge in [-0.3, -0.25) is 4.79 Å². The van der Waals surface area contributed by atoms with Gasteiger partial charge in [0.15, 0.2) is 0 Å². The zero-order chi connectivity index (χ0) is 13.1. The molecule has 1 aromatic carbocycles. The van der Waals surface area contributed by atoms with Crippen molar-refractivity contribution in [3.8, 4) is 0 Å². The minimum Gasteiger partial charge on any atom is -0.347 e. The number of carbonyl (C=O) groups excluding carboxylic acids is 1. The van der Waals surface area contributed by atoms with Gasteiger partial charge in [-0.05, 0) is 59.1 Å². The predicted octanol–water partition coefficient (Wildman–Crippen LogP) is 4.06. The number of nitrogens with one attached hydrogen (secondary N) is 1. The van der Waals surface area contributed by atoms with Gasteiger partial charge in [0.2, 0.25) is 0 Å². The van der Waals surface area contributed by atoms with E-state index in [1.165, 1.54) is 5.56 Å². The molecule has 0 radical (unpaired) electrons. The summed E-state index contributed by atoms with van der Waals surface area (Å²) >= 11 is 5.03. The van der Waals surface area contributed by atoms with Crippen LogP contribution in [0.25, 0.3) is 0 Å². The molecular formula is C14H14BrNOS. The summed E-state index contributed by atoms with van der Waals surface area (Å²) < 4.78 is 1.06. The van der Waals surface area contributed by atoms with Crippen molar-refractivity contribution in [2.75, 3.05) is 0 Å². The first-order chi connectivity index (χ1) is 8.56. The molecule has 0 saturated carbocycles. The summed E-state index contributed by atoms with van der Waals surface area (Å²) in [5.74, 6) is -0.0253. The summed E-state index contributed by atoms with van der Waals surface area (Å²) in [7, 11) is 0. The molecule has 0 aliphatic heterocycles. The molecule has 1 amide bonds. The molecule has 0 saturated heterocycles. The molecule has 1 heterocycles. The van der Waals surface area contributed by atoms with E-state index in [9.17, 15) is 4.79 Å². The van der Waals surface area contributed by atoms with Crippen molar-refractivity contribution in [1.29, 1.82) is 0 Å². The number of aryl methyl sites for hydroxylation is 2. The maximum Gasteiger partial charge on any atom is 0.251 e. The molecule has 0 fully saturated rings. The summed E-state index contributed by atoms with van der Waals surface area (Å²) in [5, 5.41) is 4.94. The smallest absolute Gasteiger partial charge is 0.251 e. The molecule has 0 bridgehead atoms. The number of hydrogen-bond donors (Lipinski definition) is 1. The van der Waals surface area contributed by atoms with E-state index >= 15 is 0 Å². The second kappa shape index (κ2) is 5.67. The zero-order valence-corrected chi connectivity index (χ0v) is 12.7. The number of halogens is 1. The number of amides is 1. The fourth-order valence-corrected chi connectivity index (χ4v) is 2.99. The van der Waals surface area contributed by atoms with Crippen LogP contribution in [0.4, 0.5) is 0 Å². The van der Waals surface area contributed by atoms with Gasteiger partial charge in [0.1, 0.15) is 0 Å². The van der Waals surface area contributed by atoms with Crippen LogP contribution in [0.5, 0.6) is 0 Å². The molecule has 4 heteroatoms. The summed E-state index contributed by atoms with van der Waals surface area (Å²) in [5.41, 5.74) is 3.06. The lowest BCUT2D eigenvalue weighted by atomic mass is 10.1. The monoisotopic (exact) mass is 323 g/mol. The van der Waals surface area contributed by atoms with E-state index in [2.05, 4.69) is 21.2 Å². The van der Waals surface area contributed by atoms with Gasteiger partial charge in [0.25, 0.3) is 5.91 Å². The third-order valence-electron chi connectivity index (χ3n) is 2.81. The van der Waals surface area contributed by atoms with Crippen molar-refractivity contribution in [3.05, 3.63) is 55.7 Å². The van der Waals surface area contributed by atoms with Crippen LogP contribution in [0.1, 0.15) is 26.4 Å². The van der Waals surface area contributed by atoms with Crippen LogP contribution in [0.3, 0.4) is 0 Å². The van der Waals surface area contributed by atoms with Gasteiger partial charge < -0.3 is 5.32 Å². The highest BCUT2D eigenvalue weighted by molar-refractivity contribution is 9.10.